The third-order valence-electron chi connectivity index (χ3n) is 3.52. The van der Waals surface area contributed by atoms with Crippen LogP contribution in [-0.2, 0) is 12.2 Å². The van der Waals surface area contributed by atoms with Crippen LogP contribution in [0.3, 0.4) is 0 Å². The van der Waals surface area contributed by atoms with Crippen molar-refractivity contribution in [2.24, 2.45) is 0 Å². The molecule has 1 aromatic heterocycles. The Morgan fingerprint density at radius 3 is 2.81 bits per heavy atom. The highest BCUT2D eigenvalue weighted by Gasteiger charge is 2.18. The number of nitrogens with one attached hydrogen (secondary N) is 1. The molecule has 0 fully saturated rings. The average Bonchev–Trinajstić information content (AvgIpc) is 2.86. The van der Waals surface area contributed by atoms with E-state index < -0.39 is 0 Å². The molecule has 2 aromatic rings. The second-order valence-corrected chi connectivity index (χ2v) is 8.35. The van der Waals surface area contributed by atoms with Crippen LogP contribution in [0.1, 0.15) is 31.2 Å². The van der Waals surface area contributed by atoms with E-state index in [1.807, 2.05) is 31.7 Å². The Morgan fingerprint density at radius 2 is 2.10 bits per heavy atom. The quantitative estimate of drug-likeness (QED) is 0.777. The summed E-state index contributed by atoms with van der Waals surface area (Å²) >= 11 is 7.12. The topological polar surface area (TPSA) is 29.1 Å². The van der Waals surface area contributed by atoms with Crippen LogP contribution in [-0.4, -0.2) is 11.7 Å². The molecule has 0 radical (unpaired) electrons. The first-order valence-corrected chi connectivity index (χ1v) is 9.58. The fourth-order valence-electron chi connectivity index (χ4n) is 2.51. The minimum Gasteiger partial charge on any atom is -0.320 e. The number of thiophene rings is 1. The molecule has 110 valence electrons. The van der Waals surface area contributed by atoms with E-state index in [4.69, 9.17) is 0 Å². The Bertz CT molecular complexity index is 662. The van der Waals surface area contributed by atoms with Crippen molar-refractivity contribution >= 4 is 50.6 Å². The van der Waals surface area contributed by atoms with Crippen molar-refractivity contribution in [1.29, 1.82) is 0 Å². The van der Waals surface area contributed by atoms with Gasteiger partial charge >= 0.3 is 0 Å². The fraction of sp³-hybridized carbons (Fsp3) is 0.312. The SMILES string of the molecule is Cc1cc(C)c(NC(=O)c2cc3c(s2)CCSC3)c(Br)c1. The summed E-state index contributed by atoms with van der Waals surface area (Å²) in [6.07, 6.45) is 1.09. The van der Waals surface area contributed by atoms with Gasteiger partial charge in [-0.2, -0.15) is 11.8 Å². The van der Waals surface area contributed by atoms with E-state index in [-0.39, 0.29) is 5.91 Å². The molecule has 1 N–H and O–H groups in total. The largest absolute Gasteiger partial charge is 0.320 e. The van der Waals surface area contributed by atoms with Gasteiger partial charge in [0.2, 0.25) is 0 Å². The van der Waals surface area contributed by atoms with E-state index in [0.29, 0.717) is 0 Å². The maximum atomic E-state index is 12.5. The van der Waals surface area contributed by atoms with Gasteiger partial charge in [0, 0.05) is 15.1 Å². The number of rotatable bonds is 2. The zero-order valence-corrected chi connectivity index (χ0v) is 15.2. The van der Waals surface area contributed by atoms with Gasteiger partial charge in [-0.15, -0.1) is 11.3 Å². The summed E-state index contributed by atoms with van der Waals surface area (Å²) in [6, 6.07) is 6.16. The van der Waals surface area contributed by atoms with E-state index in [0.717, 1.165) is 38.5 Å². The average molecular weight is 382 g/mol. The van der Waals surface area contributed by atoms with Crippen LogP contribution in [0.25, 0.3) is 0 Å². The number of aryl methyl sites for hydroxylation is 3. The predicted molar refractivity (Wildman–Crippen MR) is 95.8 cm³/mol. The van der Waals surface area contributed by atoms with Gasteiger partial charge < -0.3 is 5.32 Å². The van der Waals surface area contributed by atoms with Crippen molar-refractivity contribution in [2.45, 2.75) is 26.0 Å². The highest BCUT2D eigenvalue weighted by molar-refractivity contribution is 9.10. The van der Waals surface area contributed by atoms with E-state index in [1.54, 1.807) is 11.3 Å². The van der Waals surface area contributed by atoms with Gasteiger partial charge in [0.25, 0.3) is 5.91 Å². The van der Waals surface area contributed by atoms with Crippen molar-refractivity contribution in [3.05, 3.63) is 49.1 Å². The number of halogens is 1. The Morgan fingerprint density at radius 1 is 1.29 bits per heavy atom. The molecular formula is C16H16BrNOS2. The zero-order chi connectivity index (χ0) is 15.0. The van der Waals surface area contributed by atoms with Gasteiger partial charge in [0.05, 0.1) is 10.6 Å². The lowest BCUT2D eigenvalue weighted by molar-refractivity contribution is 0.103. The van der Waals surface area contributed by atoms with Crippen LogP contribution in [0.4, 0.5) is 5.69 Å². The van der Waals surface area contributed by atoms with Crippen LogP contribution < -0.4 is 5.32 Å². The number of amides is 1. The minimum absolute atomic E-state index is 0.00736. The minimum atomic E-state index is -0.00736. The van der Waals surface area contributed by atoms with Gasteiger partial charge in [-0.25, -0.2) is 0 Å². The standard InChI is InChI=1S/C16H16BrNOS2/c1-9-5-10(2)15(12(17)6-9)18-16(19)14-7-11-8-20-4-3-13(11)21-14/h5-7H,3-4,8H2,1-2H3,(H,18,19). The van der Waals surface area contributed by atoms with Crippen molar-refractivity contribution in [2.75, 3.05) is 11.1 Å². The van der Waals surface area contributed by atoms with Crippen LogP contribution in [0, 0.1) is 13.8 Å². The molecule has 0 saturated heterocycles. The summed E-state index contributed by atoms with van der Waals surface area (Å²) < 4.78 is 0.935. The predicted octanol–water partition coefficient (Wildman–Crippen LogP) is 5.17. The van der Waals surface area contributed by atoms with Crippen molar-refractivity contribution in [3.63, 3.8) is 0 Å². The van der Waals surface area contributed by atoms with Crippen molar-refractivity contribution in [3.8, 4) is 0 Å². The summed E-state index contributed by atoms with van der Waals surface area (Å²) in [6.45, 7) is 4.07. The van der Waals surface area contributed by atoms with E-state index in [2.05, 4.69) is 33.4 Å². The smallest absolute Gasteiger partial charge is 0.265 e. The molecule has 0 aliphatic carbocycles. The molecule has 0 unspecified atom stereocenters. The normalized spacial score (nSPS) is 13.9. The Balaban J connectivity index is 1.85. The number of benzene rings is 1. The molecule has 1 aliphatic heterocycles. The maximum absolute atomic E-state index is 12.5. The first kappa shape index (κ1) is 15.1. The molecule has 21 heavy (non-hydrogen) atoms. The number of carbonyl (C=O) groups is 1. The van der Waals surface area contributed by atoms with Gasteiger partial charge in [-0.1, -0.05) is 6.07 Å². The zero-order valence-electron chi connectivity index (χ0n) is 12.0. The van der Waals surface area contributed by atoms with Crippen molar-refractivity contribution < 1.29 is 4.79 Å². The number of hydrogen-bond donors (Lipinski definition) is 1. The highest BCUT2D eigenvalue weighted by atomic mass is 79.9. The molecule has 0 atom stereocenters. The summed E-state index contributed by atoms with van der Waals surface area (Å²) in [4.78, 5) is 14.7. The monoisotopic (exact) mass is 381 g/mol. The number of hydrogen-bond acceptors (Lipinski definition) is 3. The van der Waals surface area contributed by atoms with Gasteiger partial charge in [-0.05, 0) is 70.8 Å². The first-order chi connectivity index (χ1) is 10.0. The highest BCUT2D eigenvalue weighted by Crippen LogP contribution is 2.33. The second-order valence-electron chi connectivity index (χ2n) is 5.25. The number of anilines is 1. The molecule has 2 heterocycles. The summed E-state index contributed by atoms with van der Waals surface area (Å²) in [7, 11) is 0. The van der Waals surface area contributed by atoms with Crippen LogP contribution in [0.5, 0.6) is 0 Å². The van der Waals surface area contributed by atoms with Crippen LogP contribution in [0.15, 0.2) is 22.7 Å². The lowest BCUT2D eigenvalue weighted by atomic mass is 10.1. The van der Waals surface area contributed by atoms with Gasteiger partial charge in [-0.3, -0.25) is 4.79 Å². The summed E-state index contributed by atoms with van der Waals surface area (Å²) in [5.74, 6) is 2.19. The first-order valence-electron chi connectivity index (χ1n) is 6.82. The van der Waals surface area contributed by atoms with Crippen molar-refractivity contribution in [1.82, 2.24) is 0 Å². The van der Waals surface area contributed by atoms with E-state index in [1.165, 1.54) is 16.0 Å². The number of fused-ring (bicyclic) bond motifs is 1. The lowest BCUT2D eigenvalue weighted by Gasteiger charge is -2.11. The Hall–Kier alpha value is -0.780. The maximum Gasteiger partial charge on any atom is 0.265 e. The molecule has 0 spiro atoms. The summed E-state index contributed by atoms with van der Waals surface area (Å²) in [5.41, 5.74) is 4.46. The number of carbonyl (C=O) groups excluding carboxylic acids is 1. The third kappa shape index (κ3) is 3.20. The summed E-state index contributed by atoms with van der Waals surface area (Å²) in [5, 5.41) is 3.05. The second kappa shape index (κ2) is 6.15. The van der Waals surface area contributed by atoms with Gasteiger partial charge in [0.15, 0.2) is 0 Å². The van der Waals surface area contributed by atoms with E-state index in [9.17, 15) is 4.79 Å². The van der Waals surface area contributed by atoms with Gasteiger partial charge in [0.1, 0.15) is 0 Å². The molecule has 3 rings (SSSR count). The molecule has 2 nitrogen and oxygen atoms in total. The van der Waals surface area contributed by atoms with Crippen LogP contribution in [0.2, 0.25) is 0 Å². The van der Waals surface area contributed by atoms with Crippen LogP contribution >= 0.6 is 39.0 Å². The Kier molecular flexibility index (Phi) is 4.43. The molecule has 1 amide bonds. The van der Waals surface area contributed by atoms with E-state index >= 15 is 0 Å². The molecule has 1 aliphatic rings. The number of thioether (sulfide) groups is 1. The molecular weight excluding hydrogens is 366 g/mol. The Labute approximate surface area is 141 Å². The third-order valence-corrected chi connectivity index (χ3v) is 6.39. The lowest BCUT2D eigenvalue weighted by Crippen LogP contribution is -2.11. The molecule has 5 heteroatoms. The molecule has 0 saturated carbocycles. The fourth-order valence-corrected chi connectivity index (χ4v) is 5.55. The molecule has 0 bridgehead atoms. The molecule has 1 aromatic carbocycles.